The van der Waals surface area contributed by atoms with Crippen LogP contribution in [0.4, 0.5) is 5.69 Å². The second kappa shape index (κ2) is 9.20. The van der Waals surface area contributed by atoms with E-state index in [0.717, 1.165) is 11.3 Å². The molecule has 3 aliphatic rings. The van der Waals surface area contributed by atoms with E-state index in [4.69, 9.17) is 4.74 Å². The van der Waals surface area contributed by atoms with Crippen molar-refractivity contribution < 1.29 is 23.9 Å². The number of carbonyl (C=O) groups is 4. The number of pyridine rings is 1. The Morgan fingerprint density at radius 1 is 0.854 bits per heavy atom. The van der Waals surface area contributed by atoms with Crippen molar-refractivity contribution in [2.75, 3.05) is 4.90 Å². The highest BCUT2D eigenvalue weighted by atomic mass is 16.5. The monoisotopic (exact) mass is 540 g/mol. The van der Waals surface area contributed by atoms with E-state index in [1.165, 1.54) is 6.92 Å². The van der Waals surface area contributed by atoms with Crippen molar-refractivity contribution in [3.8, 4) is 5.75 Å². The molecule has 0 bridgehead atoms. The number of ketones is 3. The average molecular weight is 541 g/mol. The summed E-state index contributed by atoms with van der Waals surface area (Å²) in [6.45, 7) is 1.31. The number of carbonyl (C=O) groups excluding carboxylic acids is 4. The zero-order valence-electron chi connectivity index (χ0n) is 22.1. The van der Waals surface area contributed by atoms with E-state index >= 15 is 0 Å². The van der Waals surface area contributed by atoms with Gasteiger partial charge in [0, 0.05) is 47.6 Å². The van der Waals surface area contributed by atoms with Crippen LogP contribution in [0.5, 0.6) is 5.75 Å². The van der Waals surface area contributed by atoms with Crippen LogP contribution in [0.3, 0.4) is 0 Å². The molecule has 1 saturated heterocycles. The molecular formula is C34H24N2O5. The molecule has 0 amide bonds. The van der Waals surface area contributed by atoms with Crippen molar-refractivity contribution in [2.24, 2.45) is 5.41 Å². The van der Waals surface area contributed by atoms with Crippen LogP contribution >= 0.6 is 0 Å². The first-order chi connectivity index (χ1) is 19.9. The van der Waals surface area contributed by atoms with E-state index in [9.17, 15) is 19.2 Å². The Morgan fingerprint density at radius 2 is 1.54 bits per heavy atom. The largest absolute Gasteiger partial charge is 0.427 e. The van der Waals surface area contributed by atoms with Gasteiger partial charge in [0.05, 0.1) is 6.04 Å². The molecule has 7 nitrogen and oxygen atoms in total. The predicted octanol–water partition coefficient (Wildman–Crippen LogP) is 5.32. The number of esters is 1. The minimum absolute atomic E-state index is 0.253. The molecule has 41 heavy (non-hydrogen) atoms. The lowest BCUT2D eigenvalue weighted by atomic mass is 9.64. The summed E-state index contributed by atoms with van der Waals surface area (Å²) in [6.07, 6.45) is 7.10. The number of hydrogen-bond donors (Lipinski definition) is 0. The fourth-order valence-electron chi connectivity index (χ4n) is 6.87. The van der Waals surface area contributed by atoms with Crippen molar-refractivity contribution >= 4 is 35.1 Å². The maximum atomic E-state index is 14.6. The molecule has 3 aromatic carbocycles. The van der Waals surface area contributed by atoms with Crippen molar-refractivity contribution in [3.05, 3.63) is 131 Å². The average Bonchev–Trinajstić information content (AvgIpc) is 3.43. The molecular weight excluding hydrogens is 516 g/mol. The Kier molecular flexibility index (Phi) is 5.57. The highest BCUT2D eigenvalue weighted by Gasteiger charge is 2.71. The lowest BCUT2D eigenvalue weighted by Crippen LogP contribution is -2.48. The predicted molar refractivity (Wildman–Crippen MR) is 152 cm³/mol. The van der Waals surface area contributed by atoms with Crippen LogP contribution in [-0.4, -0.2) is 40.4 Å². The number of Topliss-reactive ketones (excluding diaryl/α,β-unsaturated/α-hetero) is 3. The van der Waals surface area contributed by atoms with Gasteiger partial charge in [-0.1, -0.05) is 60.7 Å². The standard InChI is InChI=1S/C34H24N2O5/c1-20(37)41-24-15-12-22(13-16-24)31(38)30-29(23-8-6-18-35-19-23)34(32(39)25-9-3-4-10-26(25)33(34)40)28-17-14-21-7-2-5-11-27(21)36(28)30/h2-19,28-30H,1H3/t28-,29-,30-/m1/s1. The minimum Gasteiger partial charge on any atom is -0.427 e. The maximum absolute atomic E-state index is 14.6. The van der Waals surface area contributed by atoms with Crippen molar-refractivity contribution in [3.63, 3.8) is 0 Å². The third kappa shape index (κ3) is 3.48. The molecule has 1 spiro atoms. The topological polar surface area (TPSA) is 93.6 Å². The number of ether oxygens (including phenoxy) is 1. The third-order valence-electron chi connectivity index (χ3n) is 8.43. The molecule has 1 aromatic heterocycles. The molecule has 7 heteroatoms. The number of fused-ring (bicyclic) bond motifs is 5. The lowest BCUT2D eigenvalue weighted by Gasteiger charge is -2.37. The van der Waals surface area contributed by atoms with Gasteiger partial charge in [-0.15, -0.1) is 0 Å². The Bertz CT molecular complexity index is 1740. The van der Waals surface area contributed by atoms with Gasteiger partial charge < -0.3 is 9.64 Å². The molecule has 2 aliphatic heterocycles. The first kappa shape index (κ1) is 24.8. The molecule has 7 rings (SSSR count). The molecule has 0 unspecified atom stereocenters. The van der Waals surface area contributed by atoms with Gasteiger partial charge in [0.15, 0.2) is 17.3 Å². The van der Waals surface area contributed by atoms with Gasteiger partial charge in [0.1, 0.15) is 17.2 Å². The van der Waals surface area contributed by atoms with Gasteiger partial charge in [-0.25, -0.2) is 0 Å². The maximum Gasteiger partial charge on any atom is 0.308 e. The minimum atomic E-state index is -1.57. The van der Waals surface area contributed by atoms with Crippen molar-refractivity contribution in [1.82, 2.24) is 4.98 Å². The van der Waals surface area contributed by atoms with Gasteiger partial charge in [0.25, 0.3) is 0 Å². The Labute approximate surface area is 236 Å². The summed E-state index contributed by atoms with van der Waals surface area (Å²) in [7, 11) is 0. The number of nitrogens with zero attached hydrogens (tertiary/aromatic N) is 2. The van der Waals surface area contributed by atoms with Gasteiger partial charge in [0.2, 0.25) is 0 Å². The molecule has 0 saturated carbocycles. The Hall–Kier alpha value is -5.17. The van der Waals surface area contributed by atoms with Crippen LogP contribution in [0.1, 0.15) is 55.0 Å². The normalized spacial score (nSPS) is 21.4. The summed E-state index contributed by atoms with van der Waals surface area (Å²) in [5, 5.41) is 0. The molecule has 0 radical (unpaired) electrons. The van der Waals surface area contributed by atoms with Crippen molar-refractivity contribution in [1.29, 1.82) is 0 Å². The quantitative estimate of drug-likeness (QED) is 0.150. The van der Waals surface area contributed by atoms with E-state index in [2.05, 4.69) is 4.98 Å². The highest BCUT2D eigenvalue weighted by molar-refractivity contribution is 6.32. The van der Waals surface area contributed by atoms with Crippen LogP contribution in [-0.2, 0) is 4.79 Å². The first-order valence-electron chi connectivity index (χ1n) is 13.4. The fourth-order valence-corrected chi connectivity index (χ4v) is 6.87. The van der Waals surface area contributed by atoms with E-state index in [1.807, 2.05) is 47.4 Å². The Morgan fingerprint density at radius 3 is 2.20 bits per heavy atom. The third-order valence-corrected chi connectivity index (χ3v) is 8.43. The van der Waals surface area contributed by atoms with Gasteiger partial charge >= 0.3 is 5.97 Å². The molecule has 200 valence electrons. The number of hydrogen-bond acceptors (Lipinski definition) is 7. The summed E-state index contributed by atoms with van der Waals surface area (Å²) >= 11 is 0. The lowest BCUT2D eigenvalue weighted by molar-refractivity contribution is -0.131. The van der Waals surface area contributed by atoms with Gasteiger partial charge in [-0.05, 0) is 47.5 Å². The zero-order chi connectivity index (χ0) is 28.3. The molecule has 0 N–H and O–H groups in total. The van der Waals surface area contributed by atoms with E-state index in [-0.39, 0.29) is 17.3 Å². The van der Waals surface area contributed by atoms with E-state index in [0.29, 0.717) is 28.0 Å². The zero-order valence-corrected chi connectivity index (χ0v) is 22.1. The smallest absolute Gasteiger partial charge is 0.308 e. The SMILES string of the molecule is CC(=O)Oc1ccc(C(=O)[C@H]2[C@@H](c3cccnc3)C3(C(=O)c4ccccc4C3=O)[C@H]3C=Cc4ccccc4N23)cc1. The molecule has 1 fully saturated rings. The first-order valence-corrected chi connectivity index (χ1v) is 13.4. The number of aromatic nitrogens is 1. The summed E-state index contributed by atoms with van der Waals surface area (Å²) < 4.78 is 5.17. The van der Waals surface area contributed by atoms with Gasteiger partial charge in [-0.2, -0.15) is 0 Å². The molecule has 1 aliphatic carbocycles. The van der Waals surface area contributed by atoms with Crippen molar-refractivity contribution in [2.45, 2.75) is 24.9 Å². The molecule has 3 atom stereocenters. The molecule has 4 aromatic rings. The van der Waals surface area contributed by atoms with E-state index in [1.54, 1.807) is 67.0 Å². The number of benzene rings is 3. The number of para-hydroxylation sites is 1. The van der Waals surface area contributed by atoms with Crippen LogP contribution in [0, 0.1) is 5.41 Å². The number of anilines is 1. The van der Waals surface area contributed by atoms with Crippen LogP contribution in [0.15, 0.2) is 103 Å². The molecule has 3 heterocycles. The van der Waals surface area contributed by atoms with Crippen LogP contribution in [0.2, 0.25) is 0 Å². The summed E-state index contributed by atoms with van der Waals surface area (Å²) in [6, 6.07) is 22.9. The Balaban J connectivity index is 1.48. The summed E-state index contributed by atoms with van der Waals surface area (Å²) in [4.78, 5) is 61.5. The fraction of sp³-hybridized carbons (Fsp3) is 0.147. The summed E-state index contributed by atoms with van der Waals surface area (Å²) in [5.74, 6) is -1.79. The highest BCUT2D eigenvalue weighted by Crippen LogP contribution is 2.60. The summed E-state index contributed by atoms with van der Waals surface area (Å²) in [5.41, 5.74) is 1.85. The van der Waals surface area contributed by atoms with E-state index < -0.39 is 29.4 Å². The van der Waals surface area contributed by atoms with Gasteiger partial charge in [-0.3, -0.25) is 24.2 Å². The van der Waals surface area contributed by atoms with Crippen LogP contribution < -0.4 is 9.64 Å². The second-order valence-corrected chi connectivity index (χ2v) is 10.5. The van der Waals surface area contributed by atoms with Crippen LogP contribution in [0.25, 0.3) is 6.08 Å². The number of rotatable bonds is 4. The second-order valence-electron chi connectivity index (χ2n) is 10.5.